The summed E-state index contributed by atoms with van der Waals surface area (Å²) in [7, 11) is -0.0388. The van der Waals surface area contributed by atoms with Gasteiger partial charge in [0.15, 0.2) is 0 Å². The van der Waals surface area contributed by atoms with Gasteiger partial charge in [-0.05, 0) is 12.8 Å². The summed E-state index contributed by atoms with van der Waals surface area (Å²) in [5, 5.41) is 3.32. The lowest BCUT2D eigenvalue weighted by Crippen LogP contribution is -2.51. The second-order valence-corrected chi connectivity index (χ2v) is 7.34. The van der Waals surface area contributed by atoms with E-state index in [0.717, 1.165) is 45.6 Å². The minimum Gasteiger partial charge on any atom is -0.314 e. The maximum absolute atomic E-state index is 12.2. The van der Waals surface area contributed by atoms with Gasteiger partial charge in [-0.15, -0.1) is 0 Å². The summed E-state index contributed by atoms with van der Waals surface area (Å²) in [6, 6.07) is 0.149. The van der Waals surface area contributed by atoms with Gasteiger partial charge in [0, 0.05) is 59.4 Å². The quantitative estimate of drug-likeness (QED) is 0.728. The molecule has 1 atom stereocenters. The number of piperazine rings is 1. The van der Waals surface area contributed by atoms with Crippen LogP contribution >= 0.6 is 0 Å². The fourth-order valence-corrected chi connectivity index (χ4v) is 4.03. The van der Waals surface area contributed by atoms with E-state index >= 15 is 0 Å². The van der Waals surface area contributed by atoms with Crippen molar-refractivity contribution in [3.8, 4) is 0 Å². The Bertz CT molecular complexity index is 365. The Labute approximate surface area is 110 Å². The maximum atomic E-state index is 12.2. The van der Waals surface area contributed by atoms with Crippen molar-refractivity contribution in [3.63, 3.8) is 0 Å². The van der Waals surface area contributed by atoms with Crippen LogP contribution in [-0.4, -0.2) is 81.3 Å². The molecule has 7 heteroatoms. The van der Waals surface area contributed by atoms with Crippen LogP contribution in [0, 0.1) is 0 Å². The number of nitrogens with one attached hydrogen (secondary N) is 1. The Kier molecular flexibility index (Phi) is 4.60. The number of hydrogen-bond donors (Lipinski definition) is 1. The summed E-state index contributed by atoms with van der Waals surface area (Å²) in [5.41, 5.74) is 0. The van der Waals surface area contributed by atoms with Gasteiger partial charge in [0.25, 0.3) is 10.2 Å². The van der Waals surface area contributed by atoms with Crippen molar-refractivity contribution >= 4 is 10.2 Å². The monoisotopic (exact) mass is 276 g/mol. The first kappa shape index (κ1) is 14.2. The molecule has 0 radical (unpaired) electrons. The van der Waals surface area contributed by atoms with Gasteiger partial charge in [-0.25, -0.2) is 0 Å². The van der Waals surface area contributed by atoms with Crippen LogP contribution in [0.4, 0.5) is 0 Å². The SMILES string of the molecule is CN(C)S(=O)(=O)N1CCCC1CN1CCNCC1. The molecule has 18 heavy (non-hydrogen) atoms. The van der Waals surface area contributed by atoms with Crippen molar-refractivity contribution < 1.29 is 8.42 Å². The lowest BCUT2D eigenvalue weighted by molar-refractivity contribution is 0.195. The molecule has 2 fully saturated rings. The van der Waals surface area contributed by atoms with Gasteiger partial charge >= 0.3 is 0 Å². The zero-order valence-corrected chi connectivity index (χ0v) is 12.1. The zero-order valence-electron chi connectivity index (χ0n) is 11.3. The van der Waals surface area contributed by atoms with Crippen molar-refractivity contribution in [2.45, 2.75) is 18.9 Å². The van der Waals surface area contributed by atoms with Crippen LogP contribution in [0.2, 0.25) is 0 Å². The molecule has 0 saturated carbocycles. The molecule has 0 aliphatic carbocycles. The predicted molar refractivity (Wildman–Crippen MR) is 71.6 cm³/mol. The molecule has 2 aliphatic heterocycles. The average molecular weight is 276 g/mol. The highest BCUT2D eigenvalue weighted by Gasteiger charge is 2.36. The highest BCUT2D eigenvalue weighted by molar-refractivity contribution is 7.86. The Morgan fingerprint density at radius 2 is 1.89 bits per heavy atom. The van der Waals surface area contributed by atoms with Gasteiger partial charge in [0.05, 0.1) is 0 Å². The van der Waals surface area contributed by atoms with E-state index in [0.29, 0.717) is 6.54 Å². The summed E-state index contributed by atoms with van der Waals surface area (Å²) in [5.74, 6) is 0. The van der Waals surface area contributed by atoms with Gasteiger partial charge in [0.1, 0.15) is 0 Å². The molecular weight excluding hydrogens is 252 g/mol. The van der Waals surface area contributed by atoms with E-state index in [-0.39, 0.29) is 6.04 Å². The van der Waals surface area contributed by atoms with Crippen LogP contribution in [0.3, 0.4) is 0 Å². The Balaban J connectivity index is 1.99. The van der Waals surface area contributed by atoms with Crippen LogP contribution in [0.15, 0.2) is 0 Å². The summed E-state index contributed by atoms with van der Waals surface area (Å²) in [4.78, 5) is 2.37. The fraction of sp³-hybridized carbons (Fsp3) is 1.00. The highest BCUT2D eigenvalue weighted by Crippen LogP contribution is 2.23. The molecular formula is C11H24N4O2S. The van der Waals surface area contributed by atoms with Crippen molar-refractivity contribution in [1.29, 1.82) is 0 Å². The first-order valence-corrected chi connectivity index (χ1v) is 8.04. The average Bonchev–Trinajstić information content (AvgIpc) is 2.79. The smallest absolute Gasteiger partial charge is 0.281 e. The molecule has 2 saturated heterocycles. The van der Waals surface area contributed by atoms with Gasteiger partial charge in [0.2, 0.25) is 0 Å². The first-order valence-electron chi connectivity index (χ1n) is 6.64. The maximum Gasteiger partial charge on any atom is 0.281 e. The molecule has 0 amide bonds. The van der Waals surface area contributed by atoms with Gasteiger partial charge in [-0.2, -0.15) is 17.0 Å². The second kappa shape index (κ2) is 5.83. The number of rotatable bonds is 4. The third-order valence-electron chi connectivity index (χ3n) is 3.76. The molecule has 1 unspecified atom stereocenters. The molecule has 0 aromatic heterocycles. The standard InChI is InChI=1S/C11H24N4O2S/c1-13(2)18(16,17)15-7-3-4-11(15)10-14-8-5-12-6-9-14/h11-12H,3-10H2,1-2H3. The topological polar surface area (TPSA) is 55.9 Å². The lowest BCUT2D eigenvalue weighted by atomic mass is 10.2. The third-order valence-corrected chi connectivity index (χ3v) is 5.76. The van der Waals surface area contributed by atoms with Crippen molar-refractivity contribution in [2.75, 3.05) is 53.4 Å². The van der Waals surface area contributed by atoms with Crippen molar-refractivity contribution in [2.24, 2.45) is 0 Å². The van der Waals surface area contributed by atoms with E-state index in [2.05, 4.69) is 10.2 Å². The lowest BCUT2D eigenvalue weighted by Gasteiger charge is -2.33. The largest absolute Gasteiger partial charge is 0.314 e. The van der Waals surface area contributed by atoms with Crippen LogP contribution < -0.4 is 5.32 Å². The van der Waals surface area contributed by atoms with E-state index in [1.807, 2.05) is 0 Å². The fourth-order valence-electron chi connectivity index (χ4n) is 2.70. The second-order valence-electron chi connectivity index (χ2n) is 5.25. The Hall–Kier alpha value is -0.210. The molecule has 2 heterocycles. The van der Waals surface area contributed by atoms with E-state index in [1.165, 1.54) is 4.31 Å². The van der Waals surface area contributed by atoms with Gasteiger partial charge in [-0.1, -0.05) is 0 Å². The van der Waals surface area contributed by atoms with Crippen molar-refractivity contribution in [3.05, 3.63) is 0 Å². The molecule has 2 rings (SSSR count). The van der Waals surface area contributed by atoms with Crippen LogP contribution in [0.25, 0.3) is 0 Å². The number of hydrogen-bond acceptors (Lipinski definition) is 4. The molecule has 1 N–H and O–H groups in total. The third kappa shape index (κ3) is 3.03. The van der Waals surface area contributed by atoms with Crippen LogP contribution in [0.5, 0.6) is 0 Å². The van der Waals surface area contributed by atoms with E-state index < -0.39 is 10.2 Å². The summed E-state index contributed by atoms with van der Waals surface area (Å²) >= 11 is 0. The minimum atomic E-state index is -3.25. The Morgan fingerprint density at radius 1 is 1.22 bits per heavy atom. The number of nitrogens with zero attached hydrogens (tertiary/aromatic N) is 3. The zero-order chi connectivity index (χ0) is 13.2. The summed E-state index contributed by atoms with van der Waals surface area (Å²) < 4.78 is 27.4. The van der Waals surface area contributed by atoms with E-state index in [1.54, 1.807) is 18.4 Å². The van der Waals surface area contributed by atoms with Crippen LogP contribution in [0.1, 0.15) is 12.8 Å². The van der Waals surface area contributed by atoms with Crippen molar-refractivity contribution in [1.82, 2.24) is 18.8 Å². The van der Waals surface area contributed by atoms with E-state index in [9.17, 15) is 8.42 Å². The first-order chi connectivity index (χ1) is 8.51. The molecule has 0 bridgehead atoms. The molecule has 6 nitrogen and oxygen atoms in total. The molecule has 2 aliphatic rings. The molecule has 106 valence electrons. The summed E-state index contributed by atoms with van der Waals surface area (Å²) in [6.45, 7) is 5.59. The predicted octanol–water partition coefficient (Wildman–Crippen LogP) is -0.838. The molecule has 0 spiro atoms. The highest BCUT2D eigenvalue weighted by atomic mass is 32.2. The molecule has 0 aromatic carbocycles. The normalized spacial score (nSPS) is 28.1. The minimum absolute atomic E-state index is 0.149. The van der Waals surface area contributed by atoms with Gasteiger partial charge < -0.3 is 5.32 Å². The molecule has 0 aromatic rings. The Morgan fingerprint density at radius 3 is 2.50 bits per heavy atom. The summed E-state index contributed by atoms with van der Waals surface area (Å²) in [6.07, 6.45) is 1.96. The van der Waals surface area contributed by atoms with Crippen LogP contribution in [-0.2, 0) is 10.2 Å². The van der Waals surface area contributed by atoms with Gasteiger partial charge in [-0.3, -0.25) is 4.90 Å². The van der Waals surface area contributed by atoms with E-state index in [4.69, 9.17) is 0 Å².